The minimum atomic E-state index is -0.579. The van der Waals surface area contributed by atoms with Crippen molar-refractivity contribution in [1.82, 2.24) is 0 Å². The van der Waals surface area contributed by atoms with Crippen molar-refractivity contribution in [2.24, 2.45) is 0 Å². The number of hydrogen-bond acceptors (Lipinski definition) is 1. The fraction of sp³-hybridized carbons (Fsp3) is 0. The van der Waals surface area contributed by atoms with Crippen LogP contribution in [0.4, 0.5) is 4.39 Å². The first-order valence-corrected chi connectivity index (χ1v) is 3.65. The second-order valence-electron chi connectivity index (χ2n) is 2.19. The quantitative estimate of drug-likeness (QED) is 0.510. The van der Waals surface area contributed by atoms with Crippen LogP contribution in [-0.2, 0) is 0 Å². The molecule has 0 atom stereocenters. The van der Waals surface area contributed by atoms with E-state index in [2.05, 4.69) is 6.58 Å². The zero-order chi connectivity index (χ0) is 9.14. The fourth-order valence-electron chi connectivity index (χ4n) is 0.796. The van der Waals surface area contributed by atoms with Gasteiger partial charge < -0.3 is 0 Å². The summed E-state index contributed by atoms with van der Waals surface area (Å²) < 4.78 is 12.9. The standard InChI is InChI=1S/C9H6ClFO/c1-2-9(12)7-5-6(10)3-4-8(7)11/h2-5H,1H2. The van der Waals surface area contributed by atoms with Gasteiger partial charge in [0.15, 0.2) is 5.78 Å². The van der Waals surface area contributed by atoms with Gasteiger partial charge in [-0.05, 0) is 24.3 Å². The Morgan fingerprint density at radius 1 is 1.58 bits per heavy atom. The Morgan fingerprint density at radius 2 is 2.25 bits per heavy atom. The molecule has 0 aliphatic heterocycles. The zero-order valence-electron chi connectivity index (χ0n) is 6.18. The van der Waals surface area contributed by atoms with Gasteiger partial charge in [0.25, 0.3) is 0 Å². The van der Waals surface area contributed by atoms with E-state index in [1.165, 1.54) is 12.1 Å². The summed E-state index contributed by atoms with van der Waals surface area (Å²) in [6.07, 6.45) is 1.05. The number of hydrogen-bond donors (Lipinski definition) is 0. The Labute approximate surface area is 74.5 Å². The molecule has 0 aliphatic rings. The predicted octanol–water partition coefficient (Wildman–Crippen LogP) is 2.85. The van der Waals surface area contributed by atoms with E-state index in [-0.39, 0.29) is 5.56 Å². The van der Waals surface area contributed by atoms with Crippen LogP contribution in [0.1, 0.15) is 10.4 Å². The predicted molar refractivity (Wildman–Crippen MR) is 45.9 cm³/mol. The largest absolute Gasteiger partial charge is 0.289 e. The number of rotatable bonds is 2. The van der Waals surface area contributed by atoms with Gasteiger partial charge in [0.2, 0.25) is 0 Å². The highest BCUT2D eigenvalue weighted by Crippen LogP contribution is 2.15. The fourth-order valence-corrected chi connectivity index (χ4v) is 0.968. The van der Waals surface area contributed by atoms with Gasteiger partial charge >= 0.3 is 0 Å². The van der Waals surface area contributed by atoms with E-state index in [9.17, 15) is 9.18 Å². The van der Waals surface area contributed by atoms with Crippen molar-refractivity contribution in [3.8, 4) is 0 Å². The maximum absolute atomic E-state index is 12.9. The summed E-state index contributed by atoms with van der Waals surface area (Å²) in [5.41, 5.74) is -0.0440. The molecule has 0 bridgehead atoms. The average Bonchev–Trinajstić information content (AvgIpc) is 2.08. The number of carbonyl (C=O) groups excluding carboxylic acids is 1. The summed E-state index contributed by atoms with van der Waals surface area (Å²) in [5.74, 6) is -1.04. The van der Waals surface area contributed by atoms with Crippen LogP contribution in [0, 0.1) is 5.82 Å². The molecular weight excluding hydrogens is 179 g/mol. The molecule has 0 spiro atoms. The molecule has 1 nitrogen and oxygen atoms in total. The first-order valence-electron chi connectivity index (χ1n) is 3.27. The molecule has 0 saturated heterocycles. The third-order valence-corrected chi connectivity index (χ3v) is 1.61. The van der Waals surface area contributed by atoms with E-state index < -0.39 is 11.6 Å². The first kappa shape index (κ1) is 8.94. The normalized spacial score (nSPS) is 9.50. The molecule has 0 aliphatic carbocycles. The molecule has 0 amide bonds. The van der Waals surface area contributed by atoms with Gasteiger partial charge in [-0.25, -0.2) is 4.39 Å². The monoisotopic (exact) mass is 184 g/mol. The summed E-state index contributed by atoms with van der Waals surface area (Å²) in [5, 5.41) is 0.335. The Balaban J connectivity index is 3.22. The lowest BCUT2D eigenvalue weighted by atomic mass is 10.1. The van der Waals surface area contributed by atoms with Gasteiger partial charge in [-0.3, -0.25) is 4.79 Å². The molecule has 0 heterocycles. The summed E-state index contributed by atoms with van der Waals surface area (Å²) in [6, 6.07) is 3.82. The molecule has 0 radical (unpaired) electrons. The Bertz CT molecular complexity index is 333. The molecule has 0 unspecified atom stereocenters. The third kappa shape index (κ3) is 1.71. The maximum atomic E-state index is 12.9. The smallest absolute Gasteiger partial charge is 0.188 e. The minimum Gasteiger partial charge on any atom is -0.289 e. The number of carbonyl (C=O) groups is 1. The highest BCUT2D eigenvalue weighted by atomic mass is 35.5. The molecule has 62 valence electrons. The van der Waals surface area contributed by atoms with E-state index in [1.54, 1.807) is 0 Å². The van der Waals surface area contributed by atoms with Gasteiger partial charge in [0.05, 0.1) is 5.56 Å². The van der Waals surface area contributed by atoms with E-state index in [1.807, 2.05) is 0 Å². The van der Waals surface area contributed by atoms with Gasteiger partial charge in [-0.15, -0.1) is 0 Å². The van der Waals surface area contributed by atoms with Crippen LogP contribution in [0.3, 0.4) is 0 Å². The summed E-state index contributed by atoms with van der Waals surface area (Å²) in [7, 11) is 0. The summed E-state index contributed by atoms with van der Waals surface area (Å²) >= 11 is 5.56. The van der Waals surface area contributed by atoms with Gasteiger partial charge in [0.1, 0.15) is 5.82 Å². The van der Waals surface area contributed by atoms with Crippen LogP contribution in [0.25, 0.3) is 0 Å². The van der Waals surface area contributed by atoms with Crippen LogP contribution in [0.2, 0.25) is 5.02 Å². The maximum Gasteiger partial charge on any atom is 0.188 e. The lowest BCUT2D eigenvalue weighted by molar-refractivity contribution is 0.104. The Morgan fingerprint density at radius 3 is 2.83 bits per heavy atom. The minimum absolute atomic E-state index is 0.0440. The Hall–Kier alpha value is -1.15. The average molecular weight is 185 g/mol. The highest BCUT2D eigenvalue weighted by molar-refractivity contribution is 6.31. The Kier molecular flexibility index (Phi) is 2.61. The number of ketones is 1. The second-order valence-corrected chi connectivity index (χ2v) is 2.63. The molecule has 1 rings (SSSR count). The van der Waals surface area contributed by atoms with Gasteiger partial charge in [-0.1, -0.05) is 18.2 Å². The number of halogens is 2. The van der Waals surface area contributed by atoms with Crippen molar-refractivity contribution in [2.75, 3.05) is 0 Å². The van der Waals surface area contributed by atoms with E-state index in [0.29, 0.717) is 5.02 Å². The summed E-state index contributed by atoms with van der Waals surface area (Å²) in [6.45, 7) is 3.25. The molecule has 1 aromatic carbocycles. The van der Waals surface area contributed by atoms with Crippen molar-refractivity contribution < 1.29 is 9.18 Å². The van der Waals surface area contributed by atoms with Crippen molar-refractivity contribution in [3.63, 3.8) is 0 Å². The van der Waals surface area contributed by atoms with Crippen molar-refractivity contribution in [1.29, 1.82) is 0 Å². The van der Waals surface area contributed by atoms with E-state index in [0.717, 1.165) is 12.1 Å². The molecule has 3 heteroatoms. The molecule has 0 fully saturated rings. The van der Waals surface area contributed by atoms with Crippen LogP contribution in [0.5, 0.6) is 0 Å². The van der Waals surface area contributed by atoms with Gasteiger partial charge in [0, 0.05) is 5.02 Å². The van der Waals surface area contributed by atoms with Crippen molar-refractivity contribution >= 4 is 17.4 Å². The molecule has 1 aromatic rings. The third-order valence-electron chi connectivity index (χ3n) is 1.38. The van der Waals surface area contributed by atoms with Crippen LogP contribution in [-0.4, -0.2) is 5.78 Å². The van der Waals surface area contributed by atoms with Gasteiger partial charge in [-0.2, -0.15) is 0 Å². The topological polar surface area (TPSA) is 17.1 Å². The lowest BCUT2D eigenvalue weighted by Crippen LogP contribution is -1.97. The van der Waals surface area contributed by atoms with E-state index >= 15 is 0 Å². The molecule has 12 heavy (non-hydrogen) atoms. The second kappa shape index (κ2) is 3.50. The molecule has 0 aromatic heterocycles. The van der Waals surface area contributed by atoms with E-state index in [4.69, 9.17) is 11.6 Å². The highest BCUT2D eigenvalue weighted by Gasteiger charge is 2.07. The molecular formula is C9H6ClFO. The summed E-state index contributed by atoms with van der Waals surface area (Å²) in [4.78, 5) is 11.0. The van der Waals surface area contributed by atoms with Crippen LogP contribution in [0.15, 0.2) is 30.9 Å². The SMILES string of the molecule is C=CC(=O)c1cc(Cl)ccc1F. The lowest BCUT2D eigenvalue weighted by Gasteiger charge is -1.97. The number of benzene rings is 1. The molecule has 0 saturated carbocycles. The molecule has 0 N–H and O–H groups in total. The first-order chi connectivity index (χ1) is 5.65. The number of allylic oxidation sites excluding steroid dienone is 1. The van der Waals surface area contributed by atoms with Crippen LogP contribution < -0.4 is 0 Å². The zero-order valence-corrected chi connectivity index (χ0v) is 6.94. The van der Waals surface area contributed by atoms with Crippen molar-refractivity contribution in [2.45, 2.75) is 0 Å². The van der Waals surface area contributed by atoms with Crippen molar-refractivity contribution in [3.05, 3.63) is 47.3 Å². The van der Waals surface area contributed by atoms with Crippen LogP contribution >= 0.6 is 11.6 Å².